The highest BCUT2D eigenvalue weighted by atomic mass is 16.5. The molecular formula is C24H33N5O3. The number of piperazine rings is 1. The molecule has 2 fully saturated rings. The van der Waals surface area contributed by atoms with Crippen LogP contribution in [0, 0.1) is 12.8 Å². The van der Waals surface area contributed by atoms with E-state index in [2.05, 4.69) is 46.3 Å². The number of carbonyl (C=O) groups excluding carboxylic acids is 2. The van der Waals surface area contributed by atoms with Gasteiger partial charge in [-0.25, -0.2) is 0 Å². The van der Waals surface area contributed by atoms with E-state index in [1.807, 2.05) is 17.0 Å². The SMILES string of the molecule is Cc1cc(NC(=O)C2CCN(C(=O)c3ccc(N4CCN(C(C)C)CC4)cc3)CC2)no1. The van der Waals surface area contributed by atoms with Gasteiger partial charge in [-0.15, -0.1) is 0 Å². The summed E-state index contributed by atoms with van der Waals surface area (Å²) in [5.41, 5.74) is 1.87. The van der Waals surface area contributed by atoms with Gasteiger partial charge in [0.1, 0.15) is 5.76 Å². The first-order valence-electron chi connectivity index (χ1n) is 11.5. The normalized spacial score (nSPS) is 18.2. The minimum atomic E-state index is -0.122. The van der Waals surface area contributed by atoms with Crippen molar-refractivity contribution < 1.29 is 14.1 Å². The second kappa shape index (κ2) is 9.73. The van der Waals surface area contributed by atoms with Crippen LogP contribution in [0.25, 0.3) is 0 Å². The molecule has 0 spiro atoms. The van der Waals surface area contributed by atoms with E-state index in [1.165, 1.54) is 5.69 Å². The number of hydrogen-bond acceptors (Lipinski definition) is 6. The van der Waals surface area contributed by atoms with E-state index in [0.717, 1.165) is 26.2 Å². The molecule has 2 amide bonds. The standard InChI is InChI=1S/C24H33N5O3/c1-17(2)27-12-14-28(15-13-27)21-6-4-20(5-7-21)24(31)29-10-8-19(9-11-29)23(30)25-22-16-18(3)32-26-22/h4-7,16-17,19H,8-15H2,1-3H3,(H,25,26,30). The van der Waals surface area contributed by atoms with E-state index in [9.17, 15) is 9.59 Å². The minimum Gasteiger partial charge on any atom is -0.369 e. The predicted molar refractivity (Wildman–Crippen MR) is 124 cm³/mol. The van der Waals surface area contributed by atoms with E-state index in [-0.39, 0.29) is 17.7 Å². The van der Waals surface area contributed by atoms with E-state index in [4.69, 9.17) is 4.52 Å². The van der Waals surface area contributed by atoms with Crippen molar-refractivity contribution in [1.82, 2.24) is 15.0 Å². The van der Waals surface area contributed by atoms with Crippen molar-refractivity contribution in [1.29, 1.82) is 0 Å². The van der Waals surface area contributed by atoms with Crippen LogP contribution in [-0.2, 0) is 4.79 Å². The van der Waals surface area contributed by atoms with Crippen LogP contribution in [0.1, 0.15) is 42.8 Å². The number of amides is 2. The predicted octanol–water partition coefficient (Wildman–Crippen LogP) is 3.00. The van der Waals surface area contributed by atoms with Gasteiger partial charge in [0, 0.05) is 68.5 Å². The second-order valence-corrected chi connectivity index (χ2v) is 9.04. The molecule has 0 atom stereocenters. The van der Waals surface area contributed by atoms with Crippen LogP contribution in [0.4, 0.5) is 11.5 Å². The summed E-state index contributed by atoms with van der Waals surface area (Å²) < 4.78 is 4.99. The number of likely N-dealkylation sites (tertiary alicyclic amines) is 1. The van der Waals surface area contributed by atoms with Gasteiger partial charge in [0.15, 0.2) is 5.82 Å². The Morgan fingerprint density at radius 2 is 1.69 bits per heavy atom. The van der Waals surface area contributed by atoms with Crippen molar-refractivity contribution in [3.05, 3.63) is 41.7 Å². The number of carbonyl (C=O) groups is 2. The Morgan fingerprint density at radius 1 is 1.03 bits per heavy atom. The summed E-state index contributed by atoms with van der Waals surface area (Å²) >= 11 is 0. The van der Waals surface area contributed by atoms with Crippen LogP contribution >= 0.6 is 0 Å². The van der Waals surface area contributed by atoms with Gasteiger partial charge < -0.3 is 19.6 Å². The topological polar surface area (TPSA) is 81.9 Å². The molecule has 1 N–H and O–H groups in total. The summed E-state index contributed by atoms with van der Waals surface area (Å²) in [6.07, 6.45) is 1.29. The fourth-order valence-electron chi connectivity index (χ4n) is 4.49. The molecule has 2 aromatic rings. The lowest BCUT2D eigenvalue weighted by atomic mass is 9.95. The zero-order valence-electron chi connectivity index (χ0n) is 19.2. The molecule has 4 rings (SSSR count). The molecule has 172 valence electrons. The molecule has 8 nitrogen and oxygen atoms in total. The van der Waals surface area contributed by atoms with Gasteiger partial charge in [-0.3, -0.25) is 14.5 Å². The first-order chi connectivity index (χ1) is 15.4. The van der Waals surface area contributed by atoms with Crippen LogP contribution < -0.4 is 10.2 Å². The molecular weight excluding hydrogens is 406 g/mol. The minimum absolute atomic E-state index is 0.0344. The number of aryl methyl sites for hydroxylation is 1. The Bertz CT molecular complexity index is 923. The summed E-state index contributed by atoms with van der Waals surface area (Å²) in [4.78, 5) is 32.1. The third kappa shape index (κ3) is 5.12. The van der Waals surface area contributed by atoms with Crippen LogP contribution in [-0.4, -0.2) is 72.1 Å². The van der Waals surface area contributed by atoms with E-state index in [0.29, 0.717) is 49.1 Å². The van der Waals surface area contributed by atoms with Crippen molar-refractivity contribution in [3.63, 3.8) is 0 Å². The molecule has 8 heteroatoms. The molecule has 0 saturated carbocycles. The van der Waals surface area contributed by atoms with Crippen molar-refractivity contribution >= 4 is 23.3 Å². The van der Waals surface area contributed by atoms with Gasteiger partial charge >= 0.3 is 0 Å². The fraction of sp³-hybridized carbons (Fsp3) is 0.542. The molecule has 3 heterocycles. The Kier molecular flexibility index (Phi) is 6.79. The smallest absolute Gasteiger partial charge is 0.253 e. The molecule has 2 aliphatic rings. The summed E-state index contributed by atoms with van der Waals surface area (Å²) in [6.45, 7) is 11.6. The van der Waals surface area contributed by atoms with Gasteiger partial charge in [-0.1, -0.05) is 5.16 Å². The van der Waals surface area contributed by atoms with Gasteiger partial charge in [0.05, 0.1) is 0 Å². The number of nitrogens with zero attached hydrogens (tertiary/aromatic N) is 4. The van der Waals surface area contributed by atoms with Crippen molar-refractivity contribution in [2.75, 3.05) is 49.5 Å². The lowest BCUT2D eigenvalue weighted by molar-refractivity contribution is -0.121. The maximum absolute atomic E-state index is 13.0. The largest absolute Gasteiger partial charge is 0.369 e. The van der Waals surface area contributed by atoms with E-state index >= 15 is 0 Å². The quantitative estimate of drug-likeness (QED) is 0.771. The van der Waals surface area contributed by atoms with Crippen LogP contribution in [0.5, 0.6) is 0 Å². The fourth-order valence-corrected chi connectivity index (χ4v) is 4.49. The first kappa shape index (κ1) is 22.3. The number of nitrogens with one attached hydrogen (secondary N) is 1. The highest BCUT2D eigenvalue weighted by Gasteiger charge is 2.28. The Hall–Kier alpha value is -2.87. The molecule has 1 aromatic heterocycles. The highest BCUT2D eigenvalue weighted by Crippen LogP contribution is 2.23. The van der Waals surface area contributed by atoms with Crippen LogP contribution in [0.3, 0.4) is 0 Å². The zero-order chi connectivity index (χ0) is 22.7. The Morgan fingerprint density at radius 3 is 2.25 bits per heavy atom. The maximum Gasteiger partial charge on any atom is 0.253 e. The number of hydrogen-bond donors (Lipinski definition) is 1. The lowest BCUT2D eigenvalue weighted by Gasteiger charge is -2.38. The van der Waals surface area contributed by atoms with Crippen molar-refractivity contribution in [2.45, 2.75) is 39.7 Å². The average molecular weight is 440 g/mol. The second-order valence-electron chi connectivity index (χ2n) is 9.04. The summed E-state index contributed by atoms with van der Waals surface area (Å²) in [5.74, 6) is 0.948. The molecule has 0 bridgehead atoms. The Labute approximate surface area is 189 Å². The number of anilines is 2. The van der Waals surface area contributed by atoms with E-state index in [1.54, 1.807) is 13.0 Å². The maximum atomic E-state index is 13.0. The van der Waals surface area contributed by atoms with E-state index < -0.39 is 0 Å². The third-order valence-corrected chi connectivity index (χ3v) is 6.56. The van der Waals surface area contributed by atoms with Crippen LogP contribution in [0.15, 0.2) is 34.9 Å². The summed E-state index contributed by atoms with van der Waals surface area (Å²) in [5, 5.41) is 6.61. The summed E-state index contributed by atoms with van der Waals surface area (Å²) in [7, 11) is 0. The number of piperidine rings is 1. The zero-order valence-corrected chi connectivity index (χ0v) is 19.2. The third-order valence-electron chi connectivity index (χ3n) is 6.56. The molecule has 0 aliphatic carbocycles. The molecule has 2 aliphatic heterocycles. The molecule has 2 saturated heterocycles. The monoisotopic (exact) mass is 439 g/mol. The van der Waals surface area contributed by atoms with Gasteiger partial charge in [-0.05, 0) is 57.9 Å². The van der Waals surface area contributed by atoms with Crippen LogP contribution in [0.2, 0.25) is 0 Å². The van der Waals surface area contributed by atoms with Gasteiger partial charge in [0.25, 0.3) is 5.91 Å². The van der Waals surface area contributed by atoms with Crippen molar-refractivity contribution in [2.24, 2.45) is 5.92 Å². The molecule has 0 radical (unpaired) electrons. The number of aromatic nitrogens is 1. The molecule has 1 aromatic carbocycles. The average Bonchev–Trinajstić information content (AvgIpc) is 3.23. The number of benzene rings is 1. The molecule has 0 unspecified atom stereocenters. The first-order valence-corrected chi connectivity index (χ1v) is 11.5. The lowest BCUT2D eigenvalue weighted by Crippen LogP contribution is -2.48. The highest BCUT2D eigenvalue weighted by molar-refractivity contribution is 5.95. The Balaban J connectivity index is 1.27. The van der Waals surface area contributed by atoms with Crippen molar-refractivity contribution in [3.8, 4) is 0 Å². The summed E-state index contributed by atoms with van der Waals surface area (Å²) in [6, 6.07) is 10.2. The number of rotatable bonds is 5. The molecule has 32 heavy (non-hydrogen) atoms. The van der Waals surface area contributed by atoms with Gasteiger partial charge in [-0.2, -0.15) is 0 Å². The van der Waals surface area contributed by atoms with Gasteiger partial charge in [0.2, 0.25) is 5.91 Å².